The number of tetrazole rings is 1. The second-order valence-corrected chi connectivity index (χ2v) is 5.70. The molecule has 0 aliphatic rings. The minimum Gasteiger partial charge on any atom is -0.381 e. The summed E-state index contributed by atoms with van der Waals surface area (Å²) in [6.45, 7) is 0.664. The molecule has 0 aliphatic heterocycles. The Balaban J connectivity index is 1.76. The van der Waals surface area contributed by atoms with E-state index in [1.54, 1.807) is 0 Å². The smallest absolute Gasteiger partial charge is 0.204 e. The lowest BCUT2D eigenvalue weighted by molar-refractivity contribution is 0.881. The molecule has 7 heteroatoms. The van der Waals surface area contributed by atoms with Gasteiger partial charge in [-0.15, -0.1) is 10.2 Å². The number of hydrogen-bond donors (Lipinski definition) is 2. The molecule has 0 unspecified atom stereocenters. The molecule has 0 atom stereocenters. The molecule has 2 aromatic carbocycles. The van der Waals surface area contributed by atoms with Gasteiger partial charge in [0, 0.05) is 27.3 Å². The van der Waals surface area contributed by atoms with Crippen molar-refractivity contribution in [1.82, 2.24) is 20.6 Å². The van der Waals surface area contributed by atoms with Crippen LogP contribution in [0.2, 0.25) is 5.02 Å². The first-order valence-corrected chi connectivity index (χ1v) is 7.41. The molecule has 0 saturated heterocycles. The van der Waals surface area contributed by atoms with Gasteiger partial charge in [0.1, 0.15) is 0 Å². The third kappa shape index (κ3) is 3.40. The Morgan fingerprint density at radius 1 is 1.19 bits per heavy atom. The average molecular weight is 365 g/mol. The SMILES string of the molecule is Clc1ccc(Br)c(CNc2cccc(-c3nn[nH]n3)c2)c1. The van der Waals surface area contributed by atoms with Crippen molar-refractivity contribution in [3.05, 3.63) is 57.5 Å². The van der Waals surface area contributed by atoms with Crippen LogP contribution in [0.3, 0.4) is 0 Å². The lowest BCUT2D eigenvalue weighted by Crippen LogP contribution is -2.00. The highest BCUT2D eigenvalue weighted by atomic mass is 79.9. The number of hydrogen-bond acceptors (Lipinski definition) is 4. The van der Waals surface area contributed by atoms with Crippen molar-refractivity contribution in [2.75, 3.05) is 5.32 Å². The summed E-state index contributed by atoms with van der Waals surface area (Å²) in [6.07, 6.45) is 0. The van der Waals surface area contributed by atoms with Gasteiger partial charge in [-0.25, -0.2) is 0 Å². The van der Waals surface area contributed by atoms with E-state index in [2.05, 4.69) is 41.9 Å². The lowest BCUT2D eigenvalue weighted by Gasteiger charge is -2.09. The average Bonchev–Trinajstić information content (AvgIpc) is 3.03. The number of nitrogens with one attached hydrogen (secondary N) is 2. The van der Waals surface area contributed by atoms with E-state index in [0.717, 1.165) is 26.3 Å². The maximum absolute atomic E-state index is 6.02. The first-order chi connectivity index (χ1) is 10.2. The molecule has 0 fully saturated rings. The first-order valence-electron chi connectivity index (χ1n) is 6.24. The number of halogens is 2. The molecule has 0 radical (unpaired) electrons. The summed E-state index contributed by atoms with van der Waals surface area (Å²) in [7, 11) is 0. The van der Waals surface area contributed by atoms with Crippen LogP contribution in [0.4, 0.5) is 5.69 Å². The minimum atomic E-state index is 0.572. The molecular formula is C14H11BrClN5. The lowest BCUT2D eigenvalue weighted by atomic mass is 10.1. The van der Waals surface area contributed by atoms with Crippen LogP contribution in [0.25, 0.3) is 11.4 Å². The van der Waals surface area contributed by atoms with Crippen molar-refractivity contribution in [1.29, 1.82) is 0 Å². The zero-order chi connectivity index (χ0) is 14.7. The van der Waals surface area contributed by atoms with Gasteiger partial charge in [-0.2, -0.15) is 5.21 Å². The number of H-pyrrole nitrogens is 1. The maximum atomic E-state index is 6.02. The maximum Gasteiger partial charge on any atom is 0.204 e. The molecule has 0 saturated carbocycles. The van der Waals surface area contributed by atoms with Gasteiger partial charge in [0.25, 0.3) is 0 Å². The fourth-order valence-electron chi connectivity index (χ4n) is 1.93. The van der Waals surface area contributed by atoms with E-state index in [1.807, 2.05) is 42.5 Å². The summed E-state index contributed by atoms with van der Waals surface area (Å²) in [5.41, 5.74) is 2.97. The first kappa shape index (κ1) is 14.0. The topological polar surface area (TPSA) is 66.5 Å². The zero-order valence-electron chi connectivity index (χ0n) is 10.8. The van der Waals surface area contributed by atoms with E-state index >= 15 is 0 Å². The summed E-state index contributed by atoms with van der Waals surface area (Å²) in [5.74, 6) is 0.572. The van der Waals surface area contributed by atoms with Crippen LogP contribution in [0.15, 0.2) is 46.9 Å². The molecule has 106 valence electrons. The van der Waals surface area contributed by atoms with Gasteiger partial charge < -0.3 is 5.32 Å². The largest absolute Gasteiger partial charge is 0.381 e. The van der Waals surface area contributed by atoms with Gasteiger partial charge in [-0.1, -0.05) is 39.7 Å². The van der Waals surface area contributed by atoms with Crippen LogP contribution >= 0.6 is 27.5 Å². The highest BCUT2D eigenvalue weighted by Crippen LogP contribution is 2.23. The number of aromatic amines is 1. The molecule has 0 aliphatic carbocycles. The monoisotopic (exact) mass is 363 g/mol. The molecule has 0 amide bonds. The van der Waals surface area contributed by atoms with E-state index in [-0.39, 0.29) is 0 Å². The predicted molar refractivity (Wildman–Crippen MR) is 86.1 cm³/mol. The second-order valence-electron chi connectivity index (χ2n) is 4.41. The molecule has 2 N–H and O–H groups in total. The predicted octanol–water partition coefficient (Wildman–Crippen LogP) is 3.89. The molecule has 0 spiro atoms. The number of anilines is 1. The van der Waals surface area contributed by atoms with Gasteiger partial charge in [0.05, 0.1) is 0 Å². The van der Waals surface area contributed by atoms with Gasteiger partial charge in [-0.3, -0.25) is 0 Å². The van der Waals surface area contributed by atoms with E-state index in [0.29, 0.717) is 12.4 Å². The number of nitrogens with zero attached hydrogens (tertiary/aromatic N) is 3. The standard InChI is InChI=1S/C14H11BrClN5/c15-13-5-4-11(16)6-10(13)8-17-12-3-1-2-9(7-12)14-18-20-21-19-14/h1-7,17H,8H2,(H,18,19,20,21). The minimum absolute atomic E-state index is 0.572. The molecule has 1 aromatic heterocycles. The summed E-state index contributed by atoms with van der Waals surface area (Å²) in [6, 6.07) is 13.6. The fraction of sp³-hybridized carbons (Fsp3) is 0.0714. The Labute approximate surface area is 134 Å². The van der Waals surface area contributed by atoms with Crippen LogP contribution in [-0.2, 0) is 6.54 Å². The van der Waals surface area contributed by atoms with Crippen molar-refractivity contribution in [3.8, 4) is 11.4 Å². The summed E-state index contributed by atoms with van der Waals surface area (Å²) in [4.78, 5) is 0. The van der Waals surface area contributed by atoms with Crippen LogP contribution in [0, 0.1) is 0 Å². The van der Waals surface area contributed by atoms with Crippen LogP contribution in [0.1, 0.15) is 5.56 Å². The third-order valence-electron chi connectivity index (χ3n) is 2.96. The Morgan fingerprint density at radius 3 is 2.90 bits per heavy atom. The van der Waals surface area contributed by atoms with Crippen LogP contribution in [-0.4, -0.2) is 20.6 Å². The Morgan fingerprint density at radius 2 is 2.10 bits per heavy atom. The van der Waals surface area contributed by atoms with Crippen LogP contribution in [0.5, 0.6) is 0 Å². The van der Waals surface area contributed by atoms with Gasteiger partial charge in [0.2, 0.25) is 5.82 Å². The summed E-state index contributed by atoms with van der Waals surface area (Å²) < 4.78 is 1.02. The van der Waals surface area contributed by atoms with E-state index < -0.39 is 0 Å². The van der Waals surface area contributed by atoms with Crippen molar-refractivity contribution in [3.63, 3.8) is 0 Å². The van der Waals surface area contributed by atoms with E-state index in [9.17, 15) is 0 Å². The third-order valence-corrected chi connectivity index (χ3v) is 3.97. The summed E-state index contributed by atoms with van der Waals surface area (Å²) in [5, 5.41) is 18.0. The number of aromatic nitrogens is 4. The Kier molecular flexibility index (Phi) is 4.17. The van der Waals surface area contributed by atoms with E-state index in [4.69, 9.17) is 11.6 Å². The Hall–Kier alpha value is -1.92. The molecule has 1 heterocycles. The second kappa shape index (κ2) is 6.24. The molecule has 21 heavy (non-hydrogen) atoms. The highest BCUT2D eigenvalue weighted by Gasteiger charge is 2.05. The van der Waals surface area contributed by atoms with Gasteiger partial charge in [-0.05, 0) is 41.1 Å². The quantitative estimate of drug-likeness (QED) is 0.737. The number of rotatable bonds is 4. The Bertz CT molecular complexity index is 745. The summed E-state index contributed by atoms with van der Waals surface area (Å²) >= 11 is 9.53. The molecule has 3 aromatic rings. The molecule has 0 bridgehead atoms. The molecule has 5 nitrogen and oxygen atoms in total. The molecular weight excluding hydrogens is 354 g/mol. The van der Waals surface area contributed by atoms with Crippen LogP contribution < -0.4 is 5.32 Å². The van der Waals surface area contributed by atoms with E-state index in [1.165, 1.54) is 0 Å². The van der Waals surface area contributed by atoms with Crippen molar-refractivity contribution >= 4 is 33.2 Å². The fourth-order valence-corrected chi connectivity index (χ4v) is 2.51. The van der Waals surface area contributed by atoms with Gasteiger partial charge in [0.15, 0.2) is 0 Å². The zero-order valence-corrected chi connectivity index (χ0v) is 13.2. The normalized spacial score (nSPS) is 10.6. The van der Waals surface area contributed by atoms with Gasteiger partial charge >= 0.3 is 0 Å². The van der Waals surface area contributed by atoms with Crippen molar-refractivity contribution < 1.29 is 0 Å². The molecule has 3 rings (SSSR count). The van der Waals surface area contributed by atoms with Crippen molar-refractivity contribution in [2.45, 2.75) is 6.54 Å². The van der Waals surface area contributed by atoms with Crippen molar-refractivity contribution in [2.24, 2.45) is 0 Å². The number of benzene rings is 2. The highest BCUT2D eigenvalue weighted by molar-refractivity contribution is 9.10.